The quantitative estimate of drug-likeness (QED) is 0.593. The summed E-state index contributed by atoms with van der Waals surface area (Å²) in [5, 5.41) is 8.67. The number of aromatic nitrogens is 3. The van der Waals surface area contributed by atoms with Gasteiger partial charge < -0.3 is 5.32 Å². The van der Waals surface area contributed by atoms with E-state index in [1.165, 1.54) is 10.6 Å². The Kier molecular flexibility index (Phi) is 6.25. The van der Waals surface area contributed by atoms with E-state index in [4.69, 9.17) is 0 Å². The van der Waals surface area contributed by atoms with Gasteiger partial charge in [0.15, 0.2) is 16.8 Å². The predicted molar refractivity (Wildman–Crippen MR) is 103 cm³/mol. The zero-order valence-corrected chi connectivity index (χ0v) is 15.8. The molecule has 28 heavy (non-hydrogen) atoms. The molecule has 1 heterocycles. The van der Waals surface area contributed by atoms with Gasteiger partial charge in [0.05, 0.1) is 5.25 Å². The second-order valence-corrected chi connectivity index (χ2v) is 7.38. The molecule has 6 nitrogen and oxygen atoms in total. The van der Waals surface area contributed by atoms with Gasteiger partial charge in [0.25, 0.3) is 0 Å². The minimum Gasteiger partial charge on any atom is -0.325 e. The zero-order chi connectivity index (χ0) is 20.1. The summed E-state index contributed by atoms with van der Waals surface area (Å²) < 4.78 is 27.7. The number of nitrogens with one attached hydrogen (secondary N) is 2. The summed E-state index contributed by atoms with van der Waals surface area (Å²) >= 11 is 1.10. The number of aromatic amines is 1. The standard InChI is InChI=1S/C19H18F2N4O2S/c1-12(17(26)22-14-7-8-15(20)16(21)11-14)28-19-24-23-18(27)25(19)10-9-13-5-3-2-4-6-13/h2-8,11-12H,9-10H2,1H3,(H,22,26)(H,23,27). The van der Waals surface area contributed by atoms with Gasteiger partial charge in [-0.3, -0.25) is 9.36 Å². The first-order valence-electron chi connectivity index (χ1n) is 8.55. The molecule has 3 aromatic rings. The Bertz CT molecular complexity index is 1020. The van der Waals surface area contributed by atoms with Crippen molar-refractivity contribution >= 4 is 23.4 Å². The second-order valence-electron chi connectivity index (χ2n) is 6.08. The number of hydrogen-bond acceptors (Lipinski definition) is 4. The monoisotopic (exact) mass is 404 g/mol. The Morgan fingerprint density at radius 2 is 1.96 bits per heavy atom. The van der Waals surface area contributed by atoms with E-state index < -0.39 is 22.8 Å². The number of aryl methyl sites for hydroxylation is 1. The summed E-state index contributed by atoms with van der Waals surface area (Å²) in [6.45, 7) is 2.06. The number of carbonyl (C=O) groups is 1. The molecule has 1 unspecified atom stereocenters. The Morgan fingerprint density at radius 1 is 1.21 bits per heavy atom. The molecule has 2 aromatic carbocycles. The topological polar surface area (TPSA) is 79.8 Å². The molecule has 1 amide bonds. The SMILES string of the molecule is CC(Sc1n[nH]c(=O)n1CCc1ccccc1)C(=O)Nc1ccc(F)c(F)c1. The first kappa shape index (κ1) is 19.8. The Labute approximate surface area is 164 Å². The molecule has 146 valence electrons. The maximum absolute atomic E-state index is 13.3. The Hall–Kier alpha value is -2.94. The number of hydrogen-bond donors (Lipinski definition) is 2. The highest BCUT2D eigenvalue weighted by molar-refractivity contribution is 8.00. The zero-order valence-electron chi connectivity index (χ0n) is 15.0. The fraction of sp³-hybridized carbons (Fsp3) is 0.211. The van der Waals surface area contributed by atoms with Crippen LogP contribution in [-0.4, -0.2) is 25.9 Å². The maximum Gasteiger partial charge on any atom is 0.343 e. The molecule has 0 spiro atoms. The van der Waals surface area contributed by atoms with Crippen molar-refractivity contribution in [2.45, 2.75) is 30.3 Å². The van der Waals surface area contributed by atoms with E-state index in [-0.39, 0.29) is 11.4 Å². The number of benzene rings is 2. The van der Waals surface area contributed by atoms with Gasteiger partial charge in [-0.05, 0) is 31.0 Å². The Balaban J connectivity index is 1.65. The minimum absolute atomic E-state index is 0.153. The minimum atomic E-state index is -1.04. The molecule has 0 saturated carbocycles. The van der Waals surface area contributed by atoms with Crippen LogP contribution in [0.1, 0.15) is 12.5 Å². The van der Waals surface area contributed by atoms with Crippen molar-refractivity contribution in [3.05, 3.63) is 76.2 Å². The average molecular weight is 404 g/mol. The van der Waals surface area contributed by atoms with Crippen molar-refractivity contribution in [1.82, 2.24) is 14.8 Å². The highest BCUT2D eigenvalue weighted by atomic mass is 32.2. The number of anilines is 1. The van der Waals surface area contributed by atoms with Crippen molar-refractivity contribution in [2.24, 2.45) is 0 Å². The summed E-state index contributed by atoms with van der Waals surface area (Å²) in [4.78, 5) is 24.4. The van der Waals surface area contributed by atoms with Gasteiger partial charge >= 0.3 is 5.69 Å². The van der Waals surface area contributed by atoms with Crippen LogP contribution in [0.25, 0.3) is 0 Å². The summed E-state index contributed by atoms with van der Waals surface area (Å²) in [5.41, 5.74) is 0.877. The van der Waals surface area contributed by atoms with Gasteiger partial charge in [0, 0.05) is 18.3 Å². The third-order valence-electron chi connectivity index (χ3n) is 4.03. The van der Waals surface area contributed by atoms with Crippen molar-refractivity contribution in [2.75, 3.05) is 5.32 Å². The van der Waals surface area contributed by atoms with E-state index in [0.29, 0.717) is 18.1 Å². The van der Waals surface area contributed by atoms with Crippen molar-refractivity contribution in [3.8, 4) is 0 Å². The van der Waals surface area contributed by atoms with Gasteiger partial charge in [-0.1, -0.05) is 42.1 Å². The smallest absolute Gasteiger partial charge is 0.325 e. The van der Waals surface area contributed by atoms with Crippen molar-refractivity contribution in [1.29, 1.82) is 0 Å². The molecule has 0 radical (unpaired) electrons. The van der Waals surface area contributed by atoms with Crippen molar-refractivity contribution in [3.63, 3.8) is 0 Å². The van der Waals surface area contributed by atoms with Crippen LogP contribution < -0.4 is 11.0 Å². The normalized spacial score (nSPS) is 12.0. The van der Waals surface area contributed by atoms with E-state index in [0.717, 1.165) is 29.5 Å². The molecule has 2 N–H and O–H groups in total. The molecule has 0 aliphatic carbocycles. The summed E-state index contributed by atoms with van der Waals surface area (Å²) in [7, 11) is 0. The summed E-state index contributed by atoms with van der Waals surface area (Å²) in [6.07, 6.45) is 0.642. The highest BCUT2D eigenvalue weighted by Gasteiger charge is 2.19. The number of amides is 1. The largest absolute Gasteiger partial charge is 0.343 e. The van der Waals surface area contributed by atoms with Gasteiger partial charge in [0.2, 0.25) is 5.91 Å². The third kappa shape index (κ3) is 4.86. The molecule has 1 aromatic heterocycles. The lowest BCUT2D eigenvalue weighted by molar-refractivity contribution is -0.115. The lowest BCUT2D eigenvalue weighted by Crippen LogP contribution is -2.24. The molecular formula is C19H18F2N4O2S. The molecule has 9 heteroatoms. The maximum atomic E-state index is 13.3. The fourth-order valence-corrected chi connectivity index (χ4v) is 3.39. The van der Waals surface area contributed by atoms with Crippen LogP contribution >= 0.6 is 11.8 Å². The lowest BCUT2D eigenvalue weighted by Gasteiger charge is -2.12. The molecule has 0 aliphatic heterocycles. The molecule has 0 saturated heterocycles. The molecule has 0 aliphatic rings. The molecule has 0 bridgehead atoms. The number of thioether (sulfide) groups is 1. The lowest BCUT2D eigenvalue weighted by atomic mass is 10.1. The van der Waals surface area contributed by atoms with Gasteiger partial charge in [-0.25, -0.2) is 18.7 Å². The summed E-state index contributed by atoms with van der Waals surface area (Å²) in [5.74, 6) is -2.44. The summed E-state index contributed by atoms with van der Waals surface area (Å²) in [6, 6.07) is 12.8. The van der Waals surface area contributed by atoms with E-state index >= 15 is 0 Å². The van der Waals surface area contributed by atoms with Crippen LogP contribution in [0, 0.1) is 11.6 Å². The first-order valence-corrected chi connectivity index (χ1v) is 9.43. The molecule has 1 atom stereocenters. The van der Waals surface area contributed by atoms with Crippen LogP contribution in [0.4, 0.5) is 14.5 Å². The number of carbonyl (C=O) groups excluding carboxylic acids is 1. The van der Waals surface area contributed by atoms with Crippen LogP contribution in [0.15, 0.2) is 58.5 Å². The number of rotatable bonds is 7. The van der Waals surface area contributed by atoms with Gasteiger partial charge in [-0.15, -0.1) is 5.10 Å². The van der Waals surface area contributed by atoms with E-state index in [2.05, 4.69) is 15.5 Å². The Morgan fingerprint density at radius 3 is 2.68 bits per heavy atom. The number of H-pyrrole nitrogens is 1. The van der Waals surface area contributed by atoms with E-state index in [1.807, 2.05) is 30.3 Å². The third-order valence-corrected chi connectivity index (χ3v) is 5.12. The molecular weight excluding hydrogens is 386 g/mol. The molecule has 0 fully saturated rings. The predicted octanol–water partition coefficient (Wildman–Crippen LogP) is 3.21. The first-order chi connectivity index (χ1) is 13.4. The van der Waals surface area contributed by atoms with Crippen LogP contribution in [0.2, 0.25) is 0 Å². The van der Waals surface area contributed by atoms with Crippen molar-refractivity contribution < 1.29 is 13.6 Å². The van der Waals surface area contributed by atoms with Gasteiger partial charge in [-0.2, -0.15) is 0 Å². The van der Waals surface area contributed by atoms with E-state index in [1.54, 1.807) is 6.92 Å². The van der Waals surface area contributed by atoms with Crippen LogP contribution in [0.5, 0.6) is 0 Å². The highest BCUT2D eigenvalue weighted by Crippen LogP contribution is 2.22. The number of nitrogens with zero attached hydrogens (tertiary/aromatic N) is 2. The van der Waals surface area contributed by atoms with E-state index in [9.17, 15) is 18.4 Å². The van der Waals surface area contributed by atoms with Crippen LogP contribution in [0.3, 0.4) is 0 Å². The van der Waals surface area contributed by atoms with Gasteiger partial charge in [0.1, 0.15) is 0 Å². The molecule has 3 rings (SSSR count). The average Bonchev–Trinajstić information content (AvgIpc) is 3.03. The number of halogens is 2. The fourth-order valence-electron chi connectivity index (χ4n) is 2.51. The van der Waals surface area contributed by atoms with Crippen LogP contribution in [-0.2, 0) is 17.8 Å². The second kappa shape index (κ2) is 8.83.